The maximum atomic E-state index is 11.9. The molecule has 0 saturated carbocycles. The summed E-state index contributed by atoms with van der Waals surface area (Å²) < 4.78 is 0. The number of carbonyl (C=O) groups excluding carboxylic acids is 1. The lowest BCUT2D eigenvalue weighted by atomic mass is 10.0. The van der Waals surface area contributed by atoms with Crippen LogP contribution in [0, 0.1) is 6.92 Å². The molecule has 1 atom stereocenters. The van der Waals surface area contributed by atoms with E-state index in [1.54, 1.807) is 6.92 Å². The SMILES string of the molecule is Cc1cc(=O)c(C(=O)NC2CC=CCC2)c[nH]1. The van der Waals surface area contributed by atoms with Crippen molar-refractivity contribution in [2.24, 2.45) is 0 Å². The molecule has 0 spiro atoms. The maximum absolute atomic E-state index is 11.9. The number of pyridine rings is 1. The molecule has 1 aromatic rings. The van der Waals surface area contributed by atoms with Crippen LogP contribution in [-0.2, 0) is 0 Å². The fourth-order valence-electron chi connectivity index (χ4n) is 1.94. The van der Waals surface area contributed by atoms with Crippen molar-refractivity contribution in [3.8, 4) is 0 Å². The van der Waals surface area contributed by atoms with Gasteiger partial charge in [0.25, 0.3) is 5.91 Å². The summed E-state index contributed by atoms with van der Waals surface area (Å²) in [5, 5.41) is 2.89. The second-order valence-electron chi connectivity index (χ2n) is 4.35. The molecule has 1 amide bonds. The van der Waals surface area contributed by atoms with Crippen LogP contribution < -0.4 is 10.7 Å². The summed E-state index contributed by atoms with van der Waals surface area (Å²) in [7, 11) is 0. The van der Waals surface area contributed by atoms with Crippen molar-refractivity contribution < 1.29 is 4.79 Å². The van der Waals surface area contributed by atoms with Crippen LogP contribution in [0.1, 0.15) is 35.3 Å². The van der Waals surface area contributed by atoms with Crippen LogP contribution in [0.15, 0.2) is 29.2 Å². The third-order valence-corrected chi connectivity index (χ3v) is 2.91. The largest absolute Gasteiger partial charge is 0.364 e. The van der Waals surface area contributed by atoms with Crippen molar-refractivity contribution in [2.45, 2.75) is 32.2 Å². The quantitative estimate of drug-likeness (QED) is 0.759. The maximum Gasteiger partial charge on any atom is 0.256 e. The number of H-pyrrole nitrogens is 1. The van der Waals surface area contributed by atoms with Gasteiger partial charge in [0.05, 0.1) is 0 Å². The number of carbonyl (C=O) groups is 1. The zero-order valence-corrected chi connectivity index (χ0v) is 9.82. The van der Waals surface area contributed by atoms with Gasteiger partial charge in [-0.05, 0) is 26.2 Å². The topological polar surface area (TPSA) is 62.0 Å². The lowest BCUT2D eigenvalue weighted by Crippen LogP contribution is -2.37. The van der Waals surface area contributed by atoms with E-state index in [0.29, 0.717) is 0 Å². The Bertz CT molecular complexity index is 502. The third-order valence-electron chi connectivity index (χ3n) is 2.91. The molecule has 1 unspecified atom stereocenters. The molecule has 1 aromatic heterocycles. The first-order chi connectivity index (χ1) is 8.16. The molecule has 2 N–H and O–H groups in total. The molecule has 1 heterocycles. The van der Waals surface area contributed by atoms with E-state index in [1.165, 1.54) is 12.3 Å². The Balaban J connectivity index is 2.09. The van der Waals surface area contributed by atoms with Gasteiger partial charge < -0.3 is 10.3 Å². The molecule has 0 aliphatic heterocycles. The highest BCUT2D eigenvalue weighted by molar-refractivity contribution is 5.94. The Morgan fingerprint density at radius 2 is 2.29 bits per heavy atom. The number of nitrogens with one attached hydrogen (secondary N) is 2. The van der Waals surface area contributed by atoms with E-state index < -0.39 is 0 Å². The van der Waals surface area contributed by atoms with Crippen LogP contribution in [0.4, 0.5) is 0 Å². The number of aromatic amines is 1. The fraction of sp³-hybridized carbons (Fsp3) is 0.385. The first-order valence-electron chi connectivity index (χ1n) is 5.82. The lowest BCUT2D eigenvalue weighted by molar-refractivity contribution is 0.0933. The van der Waals surface area contributed by atoms with Gasteiger partial charge in [-0.2, -0.15) is 0 Å². The Kier molecular flexibility index (Phi) is 3.42. The molecule has 0 fully saturated rings. The number of amides is 1. The summed E-state index contributed by atoms with van der Waals surface area (Å²) in [5.41, 5.74) is 0.711. The van der Waals surface area contributed by atoms with Crippen LogP contribution in [0.25, 0.3) is 0 Å². The number of hydrogen-bond donors (Lipinski definition) is 2. The number of hydrogen-bond acceptors (Lipinski definition) is 2. The predicted octanol–water partition coefficient (Wildman–Crippen LogP) is 1.52. The van der Waals surface area contributed by atoms with E-state index in [2.05, 4.69) is 22.5 Å². The van der Waals surface area contributed by atoms with Gasteiger partial charge >= 0.3 is 0 Å². The Labute approximate surface area is 99.7 Å². The second-order valence-corrected chi connectivity index (χ2v) is 4.35. The zero-order chi connectivity index (χ0) is 12.3. The molecule has 2 rings (SSSR count). The summed E-state index contributed by atoms with van der Waals surface area (Å²) in [6.07, 6.45) is 8.41. The van der Waals surface area contributed by atoms with Crippen LogP contribution in [-0.4, -0.2) is 16.9 Å². The van der Waals surface area contributed by atoms with Crippen LogP contribution in [0.5, 0.6) is 0 Å². The van der Waals surface area contributed by atoms with Gasteiger partial charge in [-0.3, -0.25) is 9.59 Å². The summed E-state index contributed by atoms with van der Waals surface area (Å²) in [6, 6.07) is 1.59. The molecule has 1 aliphatic carbocycles. The monoisotopic (exact) mass is 232 g/mol. The highest BCUT2D eigenvalue weighted by atomic mass is 16.2. The minimum atomic E-state index is -0.286. The Hall–Kier alpha value is -1.84. The first-order valence-corrected chi connectivity index (χ1v) is 5.82. The minimum absolute atomic E-state index is 0.146. The van der Waals surface area contributed by atoms with Gasteiger partial charge in [0.2, 0.25) is 0 Å². The molecule has 4 nitrogen and oxygen atoms in total. The summed E-state index contributed by atoms with van der Waals surface area (Å²) in [5.74, 6) is -0.286. The van der Waals surface area contributed by atoms with Gasteiger partial charge in [0.1, 0.15) is 5.56 Å². The summed E-state index contributed by atoms with van der Waals surface area (Å²) in [6.45, 7) is 1.79. The molecule has 17 heavy (non-hydrogen) atoms. The van der Waals surface area contributed by atoms with E-state index in [4.69, 9.17) is 0 Å². The van der Waals surface area contributed by atoms with E-state index in [9.17, 15) is 9.59 Å². The van der Waals surface area contributed by atoms with Crippen molar-refractivity contribution in [1.29, 1.82) is 0 Å². The van der Waals surface area contributed by atoms with Crippen molar-refractivity contribution in [2.75, 3.05) is 0 Å². The Morgan fingerprint density at radius 1 is 1.47 bits per heavy atom. The van der Waals surface area contributed by atoms with E-state index in [0.717, 1.165) is 25.0 Å². The molecule has 0 bridgehead atoms. The first kappa shape index (κ1) is 11.6. The van der Waals surface area contributed by atoms with Gasteiger partial charge in [0.15, 0.2) is 5.43 Å². The minimum Gasteiger partial charge on any atom is -0.364 e. The number of allylic oxidation sites excluding steroid dienone is 1. The normalized spacial score (nSPS) is 19.0. The van der Waals surface area contributed by atoms with Crippen molar-refractivity contribution in [3.05, 3.63) is 45.9 Å². The Morgan fingerprint density at radius 3 is 2.94 bits per heavy atom. The van der Waals surface area contributed by atoms with Crippen molar-refractivity contribution in [1.82, 2.24) is 10.3 Å². The van der Waals surface area contributed by atoms with Gasteiger partial charge in [0, 0.05) is 24.0 Å². The standard InChI is InChI=1S/C13H16N2O2/c1-9-7-12(16)11(8-14-9)13(17)15-10-5-3-2-4-6-10/h2-3,7-8,10H,4-6H2,1H3,(H,14,16)(H,15,17). The predicted molar refractivity (Wildman–Crippen MR) is 66.0 cm³/mol. The molecular formula is C13H16N2O2. The summed E-state index contributed by atoms with van der Waals surface area (Å²) >= 11 is 0. The van der Waals surface area contributed by atoms with Gasteiger partial charge in [-0.15, -0.1) is 0 Å². The molecular weight excluding hydrogens is 216 g/mol. The molecule has 90 valence electrons. The van der Waals surface area contributed by atoms with Crippen LogP contribution in [0.3, 0.4) is 0 Å². The molecule has 4 heteroatoms. The van der Waals surface area contributed by atoms with E-state index >= 15 is 0 Å². The van der Waals surface area contributed by atoms with Crippen LogP contribution in [0.2, 0.25) is 0 Å². The number of aryl methyl sites for hydroxylation is 1. The van der Waals surface area contributed by atoms with E-state index in [1.807, 2.05) is 0 Å². The third kappa shape index (κ3) is 2.84. The molecule has 0 aromatic carbocycles. The zero-order valence-electron chi connectivity index (χ0n) is 9.82. The highest BCUT2D eigenvalue weighted by Crippen LogP contribution is 2.10. The van der Waals surface area contributed by atoms with E-state index in [-0.39, 0.29) is 22.9 Å². The van der Waals surface area contributed by atoms with Crippen molar-refractivity contribution in [3.63, 3.8) is 0 Å². The summed E-state index contributed by atoms with van der Waals surface area (Å²) in [4.78, 5) is 26.4. The average molecular weight is 232 g/mol. The van der Waals surface area contributed by atoms with Crippen LogP contribution >= 0.6 is 0 Å². The van der Waals surface area contributed by atoms with Crippen molar-refractivity contribution >= 4 is 5.91 Å². The smallest absolute Gasteiger partial charge is 0.256 e. The van der Waals surface area contributed by atoms with Gasteiger partial charge in [-0.1, -0.05) is 12.2 Å². The molecule has 0 radical (unpaired) electrons. The highest BCUT2D eigenvalue weighted by Gasteiger charge is 2.16. The fourth-order valence-corrected chi connectivity index (χ4v) is 1.94. The number of rotatable bonds is 2. The number of aromatic nitrogens is 1. The second kappa shape index (κ2) is 4.99. The van der Waals surface area contributed by atoms with Gasteiger partial charge in [-0.25, -0.2) is 0 Å². The molecule has 0 saturated heterocycles. The molecule has 1 aliphatic rings. The lowest BCUT2D eigenvalue weighted by Gasteiger charge is -2.19. The average Bonchev–Trinajstić information content (AvgIpc) is 2.30.